The molecule has 0 aliphatic carbocycles. The van der Waals surface area contributed by atoms with E-state index in [1.165, 1.54) is 16.3 Å². The summed E-state index contributed by atoms with van der Waals surface area (Å²) in [4.78, 5) is 0. The Morgan fingerprint density at radius 3 is 1.55 bits per heavy atom. The van der Waals surface area contributed by atoms with Gasteiger partial charge in [0, 0.05) is 0 Å². The van der Waals surface area contributed by atoms with Crippen LogP contribution in [-0.4, -0.2) is 0 Å². The van der Waals surface area contributed by atoms with E-state index in [4.69, 9.17) is 0 Å². The molecule has 0 aliphatic heterocycles. The average molecular weight is 296 g/mol. The normalized spacial score (nSPS) is 12.4. The second-order valence-corrected chi connectivity index (χ2v) is 7.85. The predicted molar refractivity (Wildman–Crippen MR) is 100 cm³/mol. The largest absolute Gasteiger partial charge is 0.0613 e. The highest BCUT2D eigenvalue weighted by Crippen LogP contribution is 2.40. The van der Waals surface area contributed by atoms with E-state index < -0.39 is 0 Å². The van der Waals surface area contributed by atoms with E-state index >= 15 is 0 Å². The van der Waals surface area contributed by atoms with Crippen molar-refractivity contribution in [2.45, 2.75) is 79.1 Å². The maximum atomic E-state index is 2.48. The minimum absolute atomic E-state index is 0.556. The van der Waals surface area contributed by atoms with Crippen LogP contribution in [0.5, 0.6) is 0 Å². The van der Waals surface area contributed by atoms with E-state index in [0.29, 0.717) is 23.7 Å². The molecule has 2 aromatic rings. The van der Waals surface area contributed by atoms with Crippen molar-refractivity contribution >= 4 is 10.8 Å². The molecule has 2 rings (SSSR count). The number of fused-ring (bicyclic) bond motifs is 1. The highest BCUT2D eigenvalue weighted by Gasteiger charge is 2.21. The van der Waals surface area contributed by atoms with Crippen LogP contribution in [0.3, 0.4) is 0 Å². The van der Waals surface area contributed by atoms with Gasteiger partial charge in [0.15, 0.2) is 0 Å². The smallest absolute Gasteiger partial charge is 0.0143 e. The highest BCUT2D eigenvalue weighted by molar-refractivity contribution is 5.91. The van der Waals surface area contributed by atoms with Gasteiger partial charge < -0.3 is 0 Å². The molecule has 0 saturated heterocycles. The predicted octanol–water partition coefficient (Wildman–Crippen LogP) is 7.33. The van der Waals surface area contributed by atoms with Gasteiger partial charge in [0.05, 0.1) is 0 Å². The van der Waals surface area contributed by atoms with E-state index in [0.717, 1.165) is 0 Å². The second kappa shape index (κ2) is 6.44. The van der Waals surface area contributed by atoms with Crippen LogP contribution in [0.2, 0.25) is 0 Å². The van der Waals surface area contributed by atoms with Crippen LogP contribution in [0, 0.1) is 0 Å². The molecule has 2 aromatic carbocycles. The Morgan fingerprint density at radius 2 is 1.09 bits per heavy atom. The van der Waals surface area contributed by atoms with Gasteiger partial charge in [0.25, 0.3) is 0 Å². The van der Waals surface area contributed by atoms with E-state index in [1.54, 1.807) is 16.7 Å². The van der Waals surface area contributed by atoms with Crippen molar-refractivity contribution < 1.29 is 0 Å². The van der Waals surface area contributed by atoms with Gasteiger partial charge in [0.2, 0.25) is 0 Å². The number of benzene rings is 2. The van der Waals surface area contributed by atoms with Crippen molar-refractivity contribution in [2.75, 3.05) is 0 Å². The third-order valence-electron chi connectivity index (χ3n) is 4.73. The molecule has 0 N–H and O–H groups in total. The second-order valence-electron chi connectivity index (χ2n) is 7.85. The van der Waals surface area contributed by atoms with Crippen LogP contribution in [-0.2, 0) is 0 Å². The van der Waals surface area contributed by atoms with Crippen LogP contribution in [0.25, 0.3) is 10.8 Å². The Bertz CT molecular complexity index is 657. The molecule has 0 bridgehead atoms. The fraction of sp³-hybridized carbons (Fsp3) is 0.545. The molecule has 0 fully saturated rings. The number of rotatable bonds is 4. The lowest BCUT2D eigenvalue weighted by Gasteiger charge is -2.26. The standard InChI is InChI=1S/C22H32/c1-13(2)17-10-9-11-18-20(17)12-19(14(3)4)22(16(7)8)21(18)15(5)6/h9-16H,1-8H3. The molecule has 0 unspecified atom stereocenters. The summed E-state index contributed by atoms with van der Waals surface area (Å²) in [5.74, 6) is 2.26. The molecule has 22 heavy (non-hydrogen) atoms. The fourth-order valence-corrected chi connectivity index (χ4v) is 3.76. The summed E-state index contributed by atoms with van der Waals surface area (Å²) >= 11 is 0. The SMILES string of the molecule is CC(C)c1cc2c(C(C)C)cccc2c(C(C)C)c1C(C)C. The first-order valence-corrected chi connectivity index (χ1v) is 8.84. The lowest BCUT2D eigenvalue weighted by molar-refractivity contribution is 0.754. The summed E-state index contributed by atoms with van der Waals surface area (Å²) in [7, 11) is 0. The first-order valence-electron chi connectivity index (χ1n) is 8.84. The zero-order valence-corrected chi connectivity index (χ0v) is 15.6. The molecule has 0 heterocycles. The van der Waals surface area contributed by atoms with Crippen molar-refractivity contribution in [3.8, 4) is 0 Å². The molecule has 0 radical (unpaired) electrons. The van der Waals surface area contributed by atoms with E-state index in [9.17, 15) is 0 Å². The monoisotopic (exact) mass is 296 g/mol. The molecule has 0 amide bonds. The molecular weight excluding hydrogens is 264 g/mol. The van der Waals surface area contributed by atoms with Gasteiger partial charge in [-0.2, -0.15) is 0 Å². The minimum Gasteiger partial charge on any atom is -0.0613 e. The van der Waals surface area contributed by atoms with Crippen molar-refractivity contribution in [1.82, 2.24) is 0 Å². The summed E-state index contributed by atoms with van der Waals surface area (Å²) in [6.45, 7) is 18.6. The van der Waals surface area contributed by atoms with E-state index in [-0.39, 0.29) is 0 Å². The summed E-state index contributed by atoms with van der Waals surface area (Å²) in [6.07, 6.45) is 0. The van der Waals surface area contributed by atoms with Gasteiger partial charge in [-0.1, -0.05) is 79.7 Å². The molecule has 0 saturated carbocycles. The van der Waals surface area contributed by atoms with Gasteiger partial charge in [-0.3, -0.25) is 0 Å². The first kappa shape index (κ1) is 17.1. The molecule has 0 spiro atoms. The molecule has 0 nitrogen and oxygen atoms in total. The van der Waals surface area contributed by atoms with Crippen molar-refractivity contribution in [3.63, 3.8) is 0 Å². The Kier molecular flexibility index (Phi) is 5.00. The van der Waals surface area contributed by atoms with Crippen LogP contribution in [0.15, 0.2) is 24.3 Å². The first-order chi connectivity index (χ1) is 10.3. The van der Waals surface area contributed by atoms with Crippen molar-refractivity contribution in [2.24, 2.45) is 0 Å². The van der Waals surface area contributed by atoms with Crippen LogP contribution >= 0.6 is 0 Å². The van der Waals surface area contributed by atoms with Crippen LogP contribution in [0.4, 0.5) is 0 Å². The van der Waals surface area contributed by atoms with Crippen LogP contribution < -0.4 is 0 Å². The molecule has 0 aliphatic rings. The highest BCUT2D eigenvalue weighted by atomic mass is 14.3. The lowest BCUT2D eigenvalue weighted by Crippen LogP contribution is -2.07. The Balaban J connectivity index is 2.99. The summed E-state index contributed by atoms with van der Waals surface area (Å²) < 4.78 is 0. The van der Waals surface area contributed by atoms with Crippen LogP contribution in [0.1, 0.15) is 101 Å². The molecule has 0 heteroatoms. The third kappa shape index (κ3) is 2.93. The van der Waals surface area contributed by atoms with Gasteiger partial charge in [-0.05, 0) is 56.7 Å². The van der Waals surface area contributed by atoms with Gasteiger partial charge in [0.1, 0.15) is 0 Å². The summed E-state index contributed by atoms with van der Waals surface area (Å²) in [5, 5.41) is 2.93. The van der Waals surface area contributed by atoms with Crippen molar-refractivity contribution in [3.05, 3.63) is 46.5 Å². The maximum absolute atomic E-state index is 2.48. The Labute approximate surface area is 136 Å². The van der Waals surface area contributed by atoms with Gasteiger partial charge in [-0.25, -0.2) is 0 Å². The molecule has 120 valence electrons. The summed E-state index contributed by atoms with van der Waals surface area (Å²) in [6, 6.07) is 9.35. The zero-order valence-electron chi connectivity index (χ0n) is 15.6. The quantitative estimate of drug-likeness (QED) is 0.554. The van der Waals surface area contributed by atoms with Crippen molar-refractivity contribution in [1.29, 1.82) is 0 Å². The zero-order chi connectivity index (χ0) is 16.6. The average Bonchev–Trinajstić information content (AvgIpc) is 2.43. The molecule has 0 atom stereocenters. The minimum atomic E-state index is 0.556. The number of hydrogen-bond acceptors (Lipinski definition) is 0. The topological polar surface area (TPSA) is 0 Å². The van der Waals surface area contributed by atoms with Gasteiger partial charge in [-0.15, -0.1) is 0 Å². The van der Waals surface area contributed by atoms with E-state index in [1.807, 2.05) is 0 Å². The third-order valence-corrected chi connectivity index (χ3v) is 4.73. The molecule has 0 aromatic heterocycles. The maximum Gasteiger partial charge on any atom is -0.0143 e. The molecular formula is C22H32. The van der Waals surface area contributed by atoms with E-state index in [2.05, 4.69) is 79.7 Å². The Hall–Kier alpha value is -1.30. The van der Waals surface area contributed by atoms with Gasteiger partial charge >= 0.3 is 0 Å². The fourth-order valence-electron chi connectivity index (χ4n) is 3.76. The summed E-state index contributed by atoms with van der Waals surface area (Å²) in [5.41, 5.74) is 6.17. The lowest BCUT2D eigenvalue weighted by atomic mass is 9.79. The Morgan fingerprint density at radius 1 is 0.545 bits per heavy atom. The number of hydrogen-bond donors (Lipinski definition) is 0.